The van der Waals surface area contributed by atoms with Crippen LogP contribution in [0.5, 0.6) is 0 Å². The SMILES string of the molecule is OC(Cc1cccc(Cl)c1)c1ccc(Br)cn1. The van der Waals surface area contributed by atoms with E-state index in [9.17, 15) is 5.11 Å². The van der Waals surface area contributed by atoms with E-state index in [2.05, 4.69) is 20.9 Å². The molecule has 1 aromatic carbocycles. The molecule has 1 N–H and O–H groups in total. The fourth-order valence-electron chi connectivity index (χ4n) is 1.58. The Hall–Kier alpha value is -0.900. The Morgan fingerprint density at radius 1 is 1.29 bits per heavy atom. The minimum Gasteiger partial charge on any atom is -0.386 e. The Labute approximate surface area is 113 Å². The molecular formula is C13H11BrClNO. The molecule has 0 aliphatic carbocycles. The van der Waals surface area contributed by atoms with Gasteiger partial charge in [-0.3, -0.25) is 4.98 Å². The molecule has 88 valence electrons. The predicted molar refractivity (Wildman–Crippen MR) is 72.1 cm³/mol. The van der Waals surface area contributed by atoms with Gasteiger partial charge >= 0.3 is 0 Å². The number of pyridine rings is 1. The Morgan fingerprint density at radius 2 is 2.12 bits per heavy atom. The number of hydrogen-bond acceptors (Lipinski definition) is 2. The number of halogens is 2. The third-order valence-corrected chi connectivity index (χ3v) is 3.11. The number of aliphatic hydroxyl groups is 1. The third-order valence-electron chi connectivity index (χ3n) is 2.41. The first kappa shape index (κ1) is 12.6. The largest absolute Gasteiger partial charge is 0.386 e. The van der Waals surface area contributed by atoms with Crippen molar-refractivity contribution in [2.24, 2.45) is 0 Å². The Kier molecular flexibility index (Phi) is 4.15. The summed E-state index contributed by atoms with van der Waals surface area (Å²) in [6, 6.07) is 11.1. The van der Waals surface area contributed by atoms with E-state index in [0.717, 1.165) is 10.0 Å². The van der Waals surface area contributed by atoms with E-state index in [1.54, 1.807) is 12.3 Å². The number of aromatic nitrogens is 1. The van der Waals surface area contributed by atoms with E-state index in [0.29, 0.717) is 17.1 Å². The van der Waals surface area contributed by atoms with E-state index < -0.39 is 6.10 Å². The maximum Gasteiger partial charge on any atom is 0.0999 e. The van der Waals surface area contributed by atoms with Gasteiger partial charge in [0.25, 0.3) is 0 Å². The number of rotatable bonds is 3. The van der Waals surface area contributed by atoms with E-state index >= 15 is 0 Å². The molecule has 0 saturated heterocycles. The minimum absolute atomic E-state index is 0.509. The van der Waals surface area contributed by atoms with Crippen LogP contribution in [0.2, 0.25) is 5.02 Å². The van der Waals surface area contributed by atoms with Crippen LogP contribution >= 0.6 is 27.5 Å². The van der Waals surface area contributed by atoms with Crippen molar-refractivity contribution < 1.29 is 5.11 Å². The van der Waals surface area contributed by atoms with Crippen LogP contribution in [0.4, 0.5) is 0 Å². The molecule has 1 unspecified atom stereocenters. The van der Waals surface area contributed by atoms with E-state index in [1.165, 1.54) is 0 Å². The summed E-state index contributed by atoms with van der Waals surface area (Å²) in [5.41, 5.74) is 1.66. The smallest absolute Gasteiger partial charge is 0.0999 e. The first-order valence-corrected chi connectivity index (χ1v) is 6.36. The lowest BCUT2D eigenvalue weighted by Gasteiger charge is -2.10. The molecule has 2 nitrogen and oxygen atoms in total. The lowest BCUT2D eigenvalue weighted by atomic mass is 10.1. The quantitative estimate of drug-likeness (QED) is 0.936. The fraction of sp³-hybridized carbons (Fsp3) is 0.154. The first-order chi connectivity index (χ1) is 8.15. The Bertz CT molecular complexity index is 501. The highest BCUT2D eigenvalue weighted by atomic mass is 79.9. The average molecular weight is 313 g/mol. The molecule has 0 spiro atoms. The predicted octanol–water partition coefficient (Wildman–Crippen LogP) is 3.77. The van der Waals surface area contributed by atoms with Crippen molar-refractivity contribution in [1.29, 1.82) is 0 Å². The van der Waals surface area contributed by atoms with Crippen LogP contribution in [0.1, 0.15) is 17.4 Å². The van der Waals surface area contributed by atoms with Gasteiger partial charge in [-0.15, -0.1) is 0 Å². The monoisotopic (exact) mass is 311 g/mol. The van der Waals surface area contributed by atoms with Crippen molar-refractivity contribution >= 4 is 27.5 Å². The molecule has 4 heteroatoms. The van der Waals surface area contributed by atoms with Gasteiger partial charge in [0.15, 0.2) is 0 Å². The Morgan fingerprint density at radius 3 is 2.76 bits per heavy atom. The second-order valence-electron chi connectivity index (χ2n) is 3.75. The molecular weight excluding hydrogens is 302 g/mol. The first-order valence-electron chi connectivity index (χ1n) is 5.19. The summed E-state index contributed by atoms with van der Waals surface area (Å²) >= 11 is 9.20. The van der Waals surface area contributed by atoms with Crippen LogP contribution in [-0.4, -0.2) is 10.1 Å². The van der Waals surface area contributed by atoms with E-state index in [4.69, 9.17) is 11.6 Å². The molecule has 2 aromatic rings. The summed E-state index contributed by atoms with van der Waals surface area (Å²) in [6.07, 6.45) is 1.58. The molecule has 0 amide bonds. The van der Waals surface area contributed by atoms with Crippen LogP contribution < -0.4 is 0 Å². The molecule has 0 aliphatic heterocycles. The molecule has 1 aromatic heterocycles. The Balaban J connectivity index is 2.11. The zero-order chi connectivity index (χ0) is 12.3. The number of benzene rings is 1. The summed E-state index contributed by atoms with van der Waals surface area (Å²) in [6.45, 7) is 0. The van der Waals surface area contributed by atoms with Crippen molar-refractivity contribution in [1.82, 2.24) is 4.98 Å². The van der Waals surface area contributed by atoms with Gasteiger partial charge in [-0.2, -0.15) is 0 Å². The van der Waals surface area contributed by atoms with Crippen LogP contribution in [0.25, 0.3) is 0 Å². The minimum atomic E-state index is -0.610. The maximum absolute atomic E-state index is 10.0. The third kappa shape index (κ3) is 3.53. The summed E-state index contributed by atoms with van der Waals surface area (Å²) in [5.74, 6) is 0. The van der Waals surface area contributed by atoms with Gasteiger partial charge in [0, 0.05) is 22.1 Å². The van der Waals surface area contributed by atoms with Gasteiger partial charge in [0.1, 0.15) is 0 Å². The van der Waals surface area contributed by atoms with Gasteiger partial charge < -0.3 is 5.11 Å². The molecule has 0 aliphatic rings. The molecule has 0 fully saturated rings. The summed E-state index contributed by atoms with van der Waals surface area (Å²) in [5, 5.41) is 10.7. The molecule has 0 bridgehead atoms. The van der Waals surface area contributed by atoms with Gasteiger partial charge in [0.05, 0.1) is 11.8 Å². The van der Waals surface area contributed by atoms with Crippen LogP contribution in [0.15, 0.2) is 47.1 Å². The standard InChI is InChI=1S/C13H11BrClNO/c14-10-4-5-12(16-8-10)13(17)7-9-2-1-3-11(15)6-9/h1-6,8,13,17H,7H2. The number of nitrogens with zero attached hydrogens (tertiary/aromatic N) is 1. The topological polar surface area (TPSA) is 33.1 Å². The van der Waals surface area contributed by atoms with Gasteiger partial charge in [-0.25, -0.2) is 0 Å². The molecule has 1 heterocycles. The zero-order valence-corrected chi connectivity index (χ0v) is 11.3. The zero-order valence-electron chi connectivity index (χ0n) is 8.98. The number of aliphatic hydroxyl groups excluding tert-OH is 1. The molecule has 17 heavy (non-hydrogen) atoms. The summed E-state index contributed by atoms with van der Waals surface area (Å²) in [7, 11) is 0. The fourth-order valence-corrected chi connectivity index (χ4v) is 2.02. The van der Waals surface area contributed by atoms with Gasteiger partial charge in [-0.1, -0.05) is 23.7 Å². The molecule has 1 atom stereocenters. The second-order valence-corrected chi connectivity index (χ2v) is 5.10. The highest BCUT2D eigenvalue weighted by molar-refractivity contribution is 9.10. The maximum atomic E-state index is 10.0. The van der Waals surface area contributed by atoms with Crippen molar-refractivity contribution in [2.45, 2.75) is 12.5 Å². The van der Waals surface area contributed by atoms with Crippen molar-refractivity contribution in [3.8, 4) is 0 Å². The van der Waals surface area contributed by atoms with E-state index in [1.807, 2.05) is 30.3 Å². The molecule has 2 rings (SSSR count). The lowest BCUT2D eigenvalue weighted by Crippen LogP contribution is -2.03. The van der Waals surface area contributed by atoms with Crippen LogP contribution in [0, 0.1) is 0 Å². The van der Waals surface area contributed by atoms with E-state index in [-0.39, 0.29) is 0 Å². The van der Waals surface area contributed by atoms with Crippen LogP contribution in [-0.2, 0) is 6.42 Å². The lowest BCUT2D eigenvalue weighted by molar-refractivity contribution is 0.173. The van der Waals surface area contributed by atoms with Crippen LogP contribution in [0.3, 0.4) is 0 Å². The van der Waals surface area contributed by atoms with Crippen molar-refractivity contribution in [3.63, 3.8) is 0 Å². The molecule has 0 radical (unpaired) electrons. The highest BCUT2D eigenvalue weighted by Crippen LogP contribution is 2.20. The van der Waals surface area contributed by atoms with Gasteiger partial charge in [0.2, 0.25) is 0 Å². The second kappa shape index (κ2) is 5.63. The van der Waals surface area contributed by atoms with Crippen molar-refractivity contribution in [3.05, 3.63) is 63.3 Å². The van der Waals surface area contributed by atoms with Gasteiger partial charge in [-0.05, 0) is 45.8 Å². The normalized spacial score (nSPS) is 12.4. The molecule has 0 saturated carbocycles. The summed E-state index contributed by atoms with van der Waals surface area (Å²) < 4.78 is 0.899. The highest BCUT2D eigenvalue weighted by Gasteiger charge is 2.09. The average Bonchev–Trinajstić information content (AvgIpc) is 2.29. The van der Waals surface area contributed by atoms with Crippen molar-refractivity contribution in [2.75, 3.05) is 0 Å². The summed E-state index contributed by atoms with van der Waals surface area (Å²) in [4.78, 5) is 4.17. The number of hydrogen-bond donors (Lipinski definition) is 1.